The van der Waals surface area contributed by atoms with Crippen molar-refractivity contribution < 1.29 is 0 Å². The second kappa shape index (κ2) is 8.44. The van der Waals surface area contributed by atoms with Crippen LogP contribution in [0.2, 0.25) is 5.02 Å². The van der Waals surface area contributed by atoms with E-state index >= 15 is 0 Å². The fourth-order valence-corrected chi connectivity index (χ4v) is 2.67. The molecule has 0 unspecified atom stereocenters. The maximum absolute atomic E-state index is 8.77. The Kier molecular flexibility index (Phi) is 6.28. The number of hydrogen-bond acceptors (Lipinski definition) is 2. The first kappa shape index (κ1) is 16.4. The molecule has 2 rings (SSSR count). The molecule has 0 saturated carbocycles. The summed E-state index contributed by atoms with van der Waals surface area (Å²) in [6.45, 7) is 0. The minimum atomic E-state index is -0.232. The van der Waals surface area contributed by atoms with Gasteiger partial charge in [0.1, 0.15) is 0 Å². The van der Waals surface area contributed by atoms with Gasteiger partial charge >= 0.3 is 0 Å². The molecule has 2 aromatic carbocycles. The van der Waals surface area contributed by atoms with Crippen molar-refractivity contribution >= 4 is 11.6 Å². The van der Waals surface area contributed by atoms with Gasteiger partial charge in [-0.25, -0.2) is 0 Å². The minimum absolute atomic E-state index is 0.197. The lowest BCUT2D eigenvalue weighted by Crippen LogP contribution is -2.35. The van der Waals surface area contributed by atoms with Gasteiger partial charge in [-0.3, -0.25) is 0 Å². The highest BCUT2D eigenvalue weighted by Gasteiger charge is 2.17. The third-order valence-corrected chi connectivity index (χ3v) is 3.86. The maximum Gasteiger partial charge on any atom is 0.0531 e. The number of rotatable bonds is 7. The molecule has 0 amide bonds. The van der Waals surface area contributed by atoms with E-state index < -0.39 is 0 Å². The van der Waals surface area contributed by atoms with Gasteiger partial charge in [-0.2, -0.15) is 0 Å². The number of nitrogens with two attached hydrogens (primary N) is 1. The maximum atomic E-state index is 8.77. The van der Waals surface area contributed by atoms with Crippen LogP contribution in [0, 0.1) is 0 Å². The summed E-state index contributed by atoms with van der Waals surface area (Å²) in [6.07, 6.45) is 2.19. The van der Waals surface area contributed by atoms with Gasteiger partial charge in [0, 0.05) is 16.0 Å². The van der Waals surface area contributed by atoms with Crippen LogP contribution in [-0.2, 0) is 12.8 Å². The molecule has 4 nitrogen and oxygen atoms in total. The molecule has 0 aromatic heterocycles. The van der Waals surface area contributed by atoms with E-state index in [9.17, 15) is 0 Å². The number of nitrogens with zero attached hydrogens (tertiary/aromatic N) is 3. The zero-order chi connectivity index (χ0) is 15.8. The zero-order valence-electron chi connectivity index (χ0n) is 12.3. The van der Waals surface area contributed by atoms with Crippen molar-refractivity contribution in [2.75, 3.05) is 0 Å². The van der Waals surface area contributed by atoms with E-state index in [2.05, 4.69) is 10.0 Å². The van der Waals surface area contributed by atoms with Crippen molar-refractivity contribution in [2.45, 2.75) is 31.3 Å². The molecule has 0 fully saturated rings. The molecule has 114 valence electrons. The SMILES string of the molecule is [N-]=[N+]=N[C@@H](CCc1cccc(Cl)c1)[C@@H](N)Cc1ccccc1. The highest BCUT2D eigenvalue weighted by atomic mass is 35.5. The van der Waals surface area contributed by atoms with E-state index in [1.807, 2.05) is 54.6 Å². The standard InChI is InChI=1S/C17H19ClN4/c18-15-8-4-7-14(11-15)9-10-17(21-22-20)16(19)12-13-5-2-1-3-6-13/h1-8,11,16-17H,9-10,12,19H2/t16-,17-/m0/s1. The molecule has 0 radical (unpaired) electrons. The molecule has 2 aromatic rings. The van der Waals surface area contributed by atoms with Crippen molar-refractivity contribution in [2.24, 2.45) is 10.8 Å². The zero-order valence-corrected chi connectivity index (χ0v) is 13.0. The van der Waals surface area contributed by atoms with Crippen LogP contribution in [0.4, 0.5) is 0 Å². The van der Waals surface area contributed by atoms with E-state index in [4.69, 9.17) is 22.9 Å². The van der Waals surface area contributed by atoms with Crippen LogP contribution in [0.15, 0.2) is 59.7 Å². The first-order valence-corrected chi connectivity index (χ1v) is 7.65. The first-order valence-electron chi connectivity index (χ1n) is 7.27. The molecular weight excluding hydrogens is 296 g/mol. The van der Waals surface area contributed by atoms with E-state index in [0.29, 0.717) is 17.9 Å². The summed E-state index contributed by atoms with van der Waals surface area (Å²) in [6, 6.07) is 17.3. The summed E-state index contributed by atoms with van der Waals surface area (Å²) in [7, 11) is 0. The molecule has 22 heavy (non-hydrogen) atoms. The average Bonchev–Trinajstić information content (AvgIpc) is 2.52. The summed E-state index contributed by atoms with van der Waals surface area (Å²) in [5, 5.41) is 4.59. The molecule has 5 heteroatoms. The topological polar surface area (TPSA) is 74.8 Å². The van der Waals surface area contributed by atoms with E-state index in [1.54, 1.807) is 0 Å². The molecule has 0 heterocycles. The highest BCUT2D eigenvalue weighted by molar-refractivity contribution is 6.30. The Balaban J connectivity index is 1.98. The van der Waals surface area contributed by atoms with Crippen molar-refractivity contribution in [3.63, 3.8) is 0 Å². The first-order chi connectivity index (χ1) is 10.7. The summed E-state index contributed by atoms with van der Waals surface area (Å²) in [4.78, 5) is 2.95. The molecule has 0 saturated heterocycles. The van der Waals surface area contributed by atoms with E-state index in [-0.39, 0.29) is 12.1 Å². The minimum Gasteiger partial charge on any atom is -0.327 e. The van der Waals surface area contributed by atoms with Gasteiger partial charge in [0.25, 0.3) is 0 Å². The Morgan fingerprint density at radius 3 is 2.50 bits per heavy atom. The van der Waals surface area contributed by atoms with E-state index in [1.165, 1.54) is 0 Å². The second-order valence-electron chi connectivity index (χ2n) is 5.29. The number of halogens is 1. The lowest BCUT2D eigenvalue weighted by atomic mass is 9.96. The van der Waals surface area contributed by atoms with Gasteiger partial charge in [0.05, 0.1) is 6.04 Å². The number of hydrogen-bond donors (Lipinski definition) is 1. The summed E-state index contributed by atoms with van der Waals surface area (Å²) >= 11 is 5.98. The van der Waals surface area contributed by atoms with Gasteiger partial charge in [-0.15, -0.1) is 0 Å². The normalized spacial score (nSPS) is 13.2. The van der Waals surface area contributed by atoms with Crippen molar-refractivity contribution in [1.82, 2.24) is 0 Å². The number of aryl methyl sites for hydroxylation is 1. The fourth-order valence-electron chi connectivity index (χ4n) is 2.45. The summed E-state index contributed by atoms with van der Waals surface area (Å²) in [5.74, 6) is 0. The molecule has 0 bridgehead atoms. The van der Waals surface area contributed by atoms with Crippen molar-refractivity contribution in [3.8, 4) is 0 Å². The fraction of sp³-hybridized carbons (Fsp3) is 0.294. The lowest BCUT2D eigenvalue weighted by molar-refractivity contribution is 0.491. The largest absolute Gasteiger partial charge is 0.327 e. The monoisotopic (exact) mass is 314 g/mol. The quantitative estimate of drug-likeness (QED) is 0.455. The highest BCUT2D eigenvalue weighted by Crippen LogP contribution is 2.16. The summed E-state index contributed by atoms with van der Waals surface area (Å²) < 4.78 is 0. The van der Waals surface area contributed by atoms with Crippen LogP contribution in [-0.4, -0.2) is 12.1 Å². The van der Waals surface area contributed by atoms with Crippen LogP contribution in [0.3, 0.4) is 0 Å². The Hall–Kier alpha value is -2.00. The molecule has 2 atom stereocenters. The number of azide groups is 1. The van der Waals surface area contributed by atoms with Crippen LogP contribution in [0.5, 0.6) is 0 Å². The Morgan fingerprint density at radius 1 is 1.09 bits per heavy atom. The molecule has 0 aliphatic heterocycles. The Labute approximate surface area is 135 Å². The van der Waals surface area contributed by atoms with Crippen molar-refractivity contribution in [1.29, 1.82) is 0 Å². The Bertz CT molecular complexity index is 638. The van der Waals surface area contributed by atoms with Gasteiger partial charge in [-0.05, 0) is 48.1 Å². The van der Waals surface area contributed by atoms with Gasteiger partial charge in [0.15, 0.2) is 0 Å². The lowest BCUT2D eigenvalue weighted by Gasteiger charge is -2.19. The van der Waals surface area contributed by atoms with Gasteiger partial charge in [-0.1, -0.05) is 59.2 Å². The smallest absolute Gasteiger partial charge is 0.0531 e. The third-order valence-electron chi connectivity index (χ3n) is 3.63. The van der Waals surface area contributed by atoms with Crippen LogP contribution >= 0.6 is 11.6 Å². The average molecular weight is 315 g/mol. The van der Waals surface area contributed by atoms with Crippen LogP contribution in [0.1, 0.15) is 17.5 Å². The van der Waals surface area contributed by atoms with Gasteiger partial charge < -0.3 is 5.73 Å². The predicted molar refractivity (Wildman–Crippen MR) is 90.8 cm³/mol. The molecular formula is C17H19ClN4. The predicted octanol–water partition coefficient (Wildman–Crippen LogP) is 4.52. The second-order valence-corrected chi connectivity index (χ2v) is 5.73. The molecule has 2 N–H and O–H groups in total. The van der Waals surface area contributed by atoms with E-state index in [0.717, 1.165) is 17.5 Å². The Morgan fingerprint density at radius 2 is 1.82 bits per heavy atom. The molecule has 0 spiro atoms. The van der Waals surface area contributed by atoms with Crippen LogP contribution in [0.25, 0.3) is 10.4 Å². The molecule has 0 aliphatic rings. The molecule has 0 aliphatic carbocycles. The van der Waals surface area contributed by atoms with Crippen LogP contribution < -0.4 is 5.73 Å². The summed E-state index contributed by atoms with van der Waals surface area (Å²) in [5.41, 5.74) is 17.3. The van der Waals surface area contributed by atoms with Crippen molar-refractivity contribution in [3.05, 3.63) is 81.2 Å². The van der Waals surface area contributed by atoms with Gasteiger partial charge in [0.2, 0.25) is 0 Å². The third kappa shape index (κ3) is 5.08. The number of benzene rings is 2.